The van der Waals surface area contributed by atoms with Gasteiger partial charge in [-0.15, -0.1) is 0 Å². The molecular weight excluding hydrogens is 238 g/mol. The maximum Gasteiger partial charge on any atom is 0.222 e. The Labute approximate surface area is 111 Å². The molecule has 1 aliphatic rings. The number of aliphatic imine (C=N–C) groups is 1. The first-order valence-electron chi connectivity index (χ1n) is 6.17. The molecule has 0 saturated heterocycles. The highest BCUT2D eigenvalue weighted by Gasteiger charge is 2.11. The number of nitrogens with one attached hydrogen (secondary N) is 1. The Morgan fingerprint density at radius 1 is 1.21 bits per heavy atom. The molecule has 3 rings (SSSR count). The molecule has 0 aromatic heterocycles. The molecule has 96 valence electrons. The smallest absolute Gasteiger partial charge is 0.222 e. The molecule has 1 aliphatic heterocycles. The van der Waals surface area contributed by atoms with Gasteiger partial charge in [0, 0.05) is 0 Å². The van der Waals surface area contributed by atoms with Gasteiger partial charge in [-0.05, 0) is 28.8 Å². The monoisotopic (exact) mass is 253 g/mol. The fourth-order valence-corrected chi connectivity index (χ4v) is 2.29. The predicted octanol–water partition coefficient (Wildman–Crippen LogP) is 2.85. The number of aliphatic hydroxyl groups is 1. The summed E-state index contributed by atoms with van der Waals surface area (Å²) in [5.41, 5.74) is 5.31. The van der Waals surface area contributed by atoms with Gasteiger partial charge in [0.15, 0.2) is 0 Å². The highest BCUT2D eigenvalue weighted by atomic mass is 16.3. The number of benzene rings is 2. The first-order chi connectivity index (χ1) is 9.24. The fourth-order valence-electron chi connectivity index (χ4n) is 2.29. The van der Waals surface area contributed by atoms with E-state index in [9.17, 15) is 5.11 Å². The van der Waals surface area contributed by atoms with E-state index in [2.05, 4.69) is 41.6 Å². The molecule has 2 aromatic carbocycles. The number of hydrogen-bond donors (Lipinski definition) is 2. The molecule has 0 bridgehead atoms. The van der Waals surface area contributed by atoms with Gasteiger partial charge in [-0.2, -0.15) is 0 Å². The van der Waals surface area contributed by atoms with E-state index in [1.807, 2.05) is 12.1 Å². The number of aliphatic hydroxyl groups excluding tert-OH is 1. The minimum atomic E-state index is 0.0559. The van der Waals surface area contributed by atoms with Crippen LogP contribution in [0.15, 0.2) is 53.5 Å². The summed E-state index contributed by atoms with van der Waals surface area (Å²) >= 11 is 0. The average molecular weight is 253 g/mol. The quantitative estimate of drug-likeness (QED) is 0.865. The summed E-state index contributed by atoms with van der Waals surface area (Å²) in [6.07, 6.45) is 3.05. The molecule has 0 fully saturated rings. The van der Waals surface area contributed by atoms with E-state index >= 15 is 0 Å². The largest absolute Gasteiger partial charge is 0.493 e. The summed E-state index contributed by atoms with van der Waals surface area (Å²) < 4.78 is 0. The number of aryl methyl sites for hydroxylation is 1. The Morgan fingerprint density at radius 3 is 2.89 bits per heavy atom. The Balaban J connectivity index is 1.98. The Bertz CT molecular complexity index is 676. The van der Waals surface area contributed by atoms with Crippen LogP contribution in [-0.2, 0) is 6.54 Å². The van der Waals surface area contributed by atoms with Gasteiger partial charge in [0.2, 0.25) is 5.88 Å². The first-order valence-corrected chi connectivity index (χ1v) is 6.17. The van der Waals surface area contributed by atoms with Crippen LogP contribution in [0.5, 0.6) is 0 Å². The van der Waals surface area contributed by atoms with Crippen LogP contribution in [-0.4, -0.2) is 16.5 Å². The van der Waals surface area contributed by atoms with E-state index in [0.29, 0.717) is 6.54 Å². The minimum absolute atomic E-state index is 0.0559. The normalized spacial score (nSPS) is 14.4. The second-order valence-corrected chi connectivity index (χ2v) is 4.60. The fraction of sp³-hybridized carbons (Fsp3) is 0.133. The topological polar surface area (TPSA) is 47.9 Å². The van der Waals surface area contributed by atoms with Gasteiger partial charge in [-0.3, -0.25) is 10.4 Å². The second-order valence-electron chi connectivity index (χ2n) is 4.60. The molecule has 0 unspecified atom stereocenters. The molecule has 0 spiro atoms. The maximum atomic E-state index is 9.43. The lowest BCUT2D eigenvalue weighted by molar-refractivity contribution is 0.241. The Morgan fingerprint density at radius 2 is 2.05 bits per heavy atom. The second kappa shape index (κ2) is 4.65. The standard InChI is InChI=1S/C15H15N3O/c1-11-6-7-12-4-2-3-5-13(12)14(11)9-18-10-16-8-15(19)17-18/h2-8,10,17,19H,9H2,1H3. The molecular formula is C15H15N3O. The summed E-state index contributed by atoms with van der Waals surface area (Å²) in [6, 6.07) is 12.6. The van der Waals surface area contributed by atoms with E-state index in [-0.39, 0.29) is 5.88 Å². The number of rotatable bonds is 2. The highest BCUT2D eigenvalue weighted by Crippen LogP contribution is 2.23. The van der Waals surface area contributed by atoms with Crippen molar-refractivity contribution in [3.8, 4) is 0 Å². The molecule has 0 amide bonds. The van der Waals surface area contributed by atoms with E-state index in [1.54, 1.807) is 11.3 Å². The lowest BCUT2D eigenvalue weighted by Crippen LogP contribution is -2.37. The summed E-state index contributed by atoms with van der Waals surface area (Å²) in [4.78, 5) is 3.97. The van der Waals surface area contributed by atoms with Crippen LogP contribution >= 0.6 is 0 Å². The van der Waals surface area contributed by atoms with Gasteiger partial charge in [-0.1, -0.05) is 36.4 Å². The summed E-state index contributed by atoms with van der Waals surface area (Å²) in [6.45, 7) is 2.74. The van der Waals surface area contributed by atoms with Crippen molar-refractivity contribution >= 4 is 17.1 Å². The zero-order valence-electron chi connectivity index (χ0n) is 10.7. The van der Waals surface area contributed by atoms with Gasteiger partial charge in [0.05, 0.1) is 12.7 Å². The Hall–Kier alpha value is -2.49. The van der Waals surface area contributed by atoms with E-state index in [1.165, 1.54) is 28.1 Å². The van der Waals surface area contributed by atoms with Gasteiger partial charge in [0.1, 0.15) is 6.34 Å². The van der Waals surface area contributed by atoms with Crippen LogP contribution in [0.4, 0.5) is 0 Å². The van der Waals surface area contributed by atoms with Crippen molar-refractivity contribution < 1.29 is 5.11 Å². The summed E-state index contributed by atoms with van der Waals surface area (Å²) in [5, 5.41) is 13.7. The first kappa shape index (κ1) is 11.6. The molecule has 4 heteroatoms. The average Bonchev–Trinajstić information content (AvgIpc) is 2.42. The van der Waals surface area contributed by atoms with Crippen LogP contribution in [0.25, 0.3) is 10.8 Å². The van der Waals surface area contributed by atoms with Crippen LogP contribution in [0, 0.1) is 6.92 Å². The number of hydrazine groups is 1. The van der Waals surface area contributed by atoms with E-state index < -0.39 is 0 Å². The van der Waals surface area contributed by atoms with Crippen molar-refractivity contribution in [3.05, 3.63) is 59.6 Å². The summed E-state index contributed by atoms with van der Waals surface area (Å²) in [5.74, 6) is 0.0559. The van der Waals surface area contributed by atoms with Crippen molar-refractivity contribution in [2.75, 3.05) is 0 Å². The van der Waals surface area contributed by atoms with Gasteiger partial charge in [0.25, 0.3) is 0 Å². The van der Waals surface area contributed by atoms with Crippen LogP contribution < -0.4 is 5.43 Å². The lowest BCUT2D eigenvalue weighted by Gasteiger charge is -2.24. The number of nitrogens with zero attached hydrogens (tertiary/aromatic N) is 2. The third kappa shape index (κ3) is 2.25. The van der Waals surface area contributed by atoms with Gasteiger partial charge < -0.3 is 5.11 Å². The SMILES string of the molecule is Cc1ccc2ccccc2c1CN1C=NC=C(O)N1. The molecule has 2 aromatic rings. The molecule has 0 atom stereocenters. The molecule has 0 saturated carbocycles. The highest BCUT2D eigenvalue weighted by molar-refractivity contribution is 5.86. The van der Waals surface area contributed by atoms with E-state index in [0.717, 1.165) is 0 Å². The van der Waals surface area contributed by atoms with Crippen molar-refractivity contribution in [3.63, 3.8) is 0 Å². The van der Waals surface area contributed by atoms with Crippen molar-refractivity contribution in [2.24, 2.45) is 4.99 Å². The van der Waals surface area contributed by atoms with Gasteiger partial charge >= 0.3 is 0 Å². The third-order valence-electron chi connectivity index (χ3n) is 3.26. The van der Waals surface area contributed by atoms with Crippen LogP contribution in [0.2, 0.25) is 0 Å². The minimum Gasteiger partial charge on any atom is -0.493 e. The molecule has 1 heterocycles. The van der Waals surface area contributed by atoms with Crippen molar-refractivity contribution in [1.29, 1.82) is 0 Å². The molecule has 0 aliphatic carbocycles. The van der Waals surface area contributed by atoms with Crippen molar-refractivity contribution in [1.82, 2.24) is 10.4 Å². The maximum absolute atomic E-state index is 9.43. The zero-order valence-corrected chi connectivity index (χ0v) is 10.7. The van der Waals surface area contributed by atoms with Crippen LogP contribution in [0.3, 0.4) is 0 Å². The van der Waals surface area contributed by atoms with E-state index in [4.69, 9.17) is 0 Å². The third-order valence-corrected chi connectivity index (χ3v) is 3.26. The molecule has 19 heavy (non-hydrogen) atoms. The number of hydrogen-bond acceptors (Lipinski definition) is 4. The zero-order chi connectivity index (χ0) is 13.2. The lowest BCUT2D eigenvalue weighted by atomic mass is 10.00. The van der Waals surface area contributed by atoms with Crippen LogP contribution in [0.1, 0.15) is 11.1 Å². The summed E-state index contributed by atoms with van der Waals surface area (Å²) in [7, 11) is 0. The molecule has 4 nitrogen and oxygen atoms in total. The molecule has 2 N–H and O–H groups in total. The number of fused-ring (bicyclic) bond motifs is 1. The Kier molecular flexibility index (Phi) is 2.83. The van der Waals surface area contributed by atoms with Crippen molar-refractivity contribution in [2.45, 2.75) is 13.5 Å². The predicted molar refractivity (Wildman–Crippen MR) is 76.6 cm³/mol. The molecule has 0 radical (unpaired) electrons. The van der Waals surface area contributed by atoms with Gasteiger partial charge in [-0.25, -0.2) is 4.99 Å².